The number of carbonyl (C=O) groups excluding carboxylic acids is 1. The predicted octanol–water partition coefficient (Wildman–Crippen LogP) is 5.28. The number of carbonyl (C=O) groups is 1. The molecule has 0 radical (unpaired) electrons. The van der Waals surface area contributed by atoms with Gasteiger partial charge in [-0.15, -0.1) is 11.8 Å². The molecule has 1 N–H and O–H groups in total. The summed E-state index contributed by atoms with van der Waals surface area (Å²) in [7, 11) is -3.93. The fraction of sp³-hybridized carbons (Fsp3) is 0.296. The van der Waals surface area contributed by atoms with Gasteiger partial charge in [-0.25, -0.2) is 8.42 Å². The molecular weight excluding hydrogens is 464 g/mol. The van der Waals surface area contributed by atoms with Gasteiger partial charge in [0.2, 0.25) is 5.91 Å². The van der Waals surface area contributed by atoms with E-state index in [4.69, 9.17) is 0 Å². The first-order valence-electron chi connectivity index (χ1n) is 11.4. The maximum atomic E-state index is 13.6. The van der Waals surface area contributed by atoms with E-state index in [0.717, 1.165) is 28.9 Å². The van der Waals surface area contributed by atoms with Crippen molar-refractivity contribution in [2.45, 2.75) is 48.9 Å². The molecule has 0 aromatic heterocycles. The van der Waals surface area contributed by atoms with E-state index in [1.165, 1.54) is 21.9 Å². The van der Waals surface area contributed by atoms with Crippen molar-refractivity contribution in [1.29, 1.82) is 0 Å². The first kappa shape index (κ1) is 24.4. The van der Waals surface area contributed by atoms with Crippen LogP contribution in [0, 0.1) is 6.92 Å². The number of benzene rings is 3. The van der Waals surface area contributed by atoms with Crippen molar-refractivity contribution in [3.63, 3.8) is 0 Å². The number of nitrogens with one attached hydrogen (secondary N) is 1. The fourth-order valence-electron chi connectivity index (χ4n) is 4.26. The van der Waals surface area contributed by atoms with Crippen molar-refractivity contribution in [2.24, 2.45) is 0 Å². The first-order chi connectivity index (χ1) is 16.3. The third-order valence-electron chi connectivity index (χ3n) is 6.26. The molecule has 1 aliphatic carbocycles. The van der Waals surface area contributed by atoms with Crippen molar-refractivity contribution in [2.75, 3.05) is 17.1 Å². The van der Waals surface area contributed by atoms with Gasteiger partial charge in [0.1, 0.15) is 6.54 Å². The molecule has 0 spiro atoms. The number of anilines is 1. The molecule has 1 amide bonds. The molecule has 0 heterocycles. The Hall–Kier alpha value is -2.77. The zero-order valence-corrected chi connectivity index (χ0v) is 21.4. The highest BCUT2D eigenvalue weighted by atomic mass is 32.2. The molecule has 178 valence electrons. The predicted molar refractivity (Wildman–Crippen MR) is 139 cm³/mol. The third-order valence-corrected chi connectivity index (χ3v) is 8.79. The van der Waals surface area contributed by atoms with Crippen molar-refractivity contribution in [1.82, 2.24) is 5.32 Å². The first-order valence-corrected chi connectivity index (χ1v) is 14.1. The monoisotopic (exact) mass is 494 g/mol. The lowest BCUT2D eigenvalue weighted by atomic mass is 10.0. The summed E-state index contributed by atoms with van der Waals surface area (Å²) in [6, 6.07) is 20.0. The number of sulfonamides is 1. The molecule has 7 heteroatoms. The number of hydrogen-bond acceptors (Lipinski definition) is 4. The van der Waals surface area contributed by atoms with Crippen LogP contribution in [0.2, 0.25) is 0 Å². The van der Waals surface area contributed by atoms with Crippen LogP contribution in [-0.4, -0.2) is 27.1 Å². The summed E-state index contributed by atoms with van der Waals surface area (Å²) in [5, 5.41) is 2.99. The summed E-state index contributed by atoms with van der Waals surface area (Å²) in [5.41, 5.74) is 5.23. The van der Waals surface area contributed by atoms with Gasteiger partial charge in [-0.05, 0) is 92.5 Å². The highest BCUT2D eigenvalue weighted by Gasteiger charge is 2.28. The van der Waals surface area contributed by atoms with E-state index in [1.54, 1.807) is 48.2 Å². The topological polar surface area (TPSA) is 66.5 Å². The number of nitrogens with zero attached hydrogens (tertiary/aromatic N) is 1. The highest BCUT2D eigenvalue weighted by molar-refractivity contribution is 7.98. The number of aryl methyl sites for hydroxylation is 3. The number of rotatable bonds is 8. The van der Waals surface area contributed by atoms with Gasteiger partial charge < -0.3 is 5.32 Å². The molecule has 3 aromatic carbocycles. The summed E-state index contributed by atoms with van der Waals surface area (Å²) in [4.78, 5) is 14.2. The second kappa shape index (κ2) is 10.2. The smallest absolute Gasteiger partial charge is 0.264 e. The Morgan fingerprint density at radius 2 is 1.68 bits per heavy atom. The molecule has 0 fully saturated rings. The van der Waals surface area contributed by atoms with Crippen molar-refractivity contribution in [3.05, 3.63) is 89.0 Å². The van der Waals surface area contributed by atoms with Gasteiger partial charge in [-0.2, -0.15) is 0 Å². The minimum absolute atomic E-state index is 0.158. The molecule has 5 nitrogen and oxygen atoms in total. The van der Waals surface area contributed by atoms with E-state index in [-0.39, 0.29) is 23.4 Å². The van der Waals surface area contributed by atoms with Crippen LogP contribution >= 0.6 is 11.8 Å². The van der Waals surface area contributed by atoms with Crippen LogP contribution in [0.3, 0.4) is 0 Å². The van der Waals surface area contributed by atoms with Crippen LogP contribution < -0.4 is 9.62 Å². The highest BCUT2D eigenvalue weighted by Crippen LogP contribution is 2.27. The van der Waals surface area contributed by atoms with E-state index in [2.05, 4.69) is 23.5 Å². The van der Waals surface area contributed by atoms with Gasteiger partial charge in [0.25, 0.3) is 10.0 Å². The van der Waals surface area contributed by atoms with Gasteiger partial charge in [0.05, 0.1) is 16.6 Å². The summed E-state index contributed by atoms with van der Waals surface area (Å²) in [6.45, 7) is 3.57. The zero-order chi connectivity index (χ0) is 24.3. The summed E-state index contributed by atoms with van der Waals surface area (Å²) >= 11 is 1.54. The Morgan fingerprint density at radius 1 is 1.00 bits per heavy atom. The summed E-state index contributed by atoms with van der Waals surface area (Å²) in [5.74, 6) is -0.349. The zero-order valence-electron chi connectivity index (χ0n) is 19.7. The average molecular weight is 495 g/mol. The molecule has 0 saturated heterocycles. The van der Waals surface area contributed by atoms with Crippen LogP contribution in [0.1, 0.15) is 41.6 Å². The van der Waals surface area contributed by atoms with Crippen LogP contribution in [0.15, 0.2) is 76.5 Å². The molecule has 0 bridgehead atoms. The van der Waals surface area contributed by atoms with Gasteiger partial charge in [0.15, 0.2) is 0 Å². The quantitative estimate of drug-likeness (QED) is 0.433. The second-order valence-electron chi connectivity index (χ2n) is 8.69. The van der Waals surface area contributed by atoms with Gasteiger partial charge >= 0.3 is 0 Å². The lowest BCUT2D eigenvalue weighted by molar-refractivity contribution is -0.120. The number of thioether (sulfide) groups is 1. The second-order valence-corrected chi connectivity index (χ2v) is 11.4. The van der Waals surface area contributed by atoms with E-state index < -0.39 is 10.0 Å². The number of fused-ring (bicyclic) bond motifs is 1. The largest absolute Gasteiger partial charge is 0.348 e. The average Bonchev–Trinajstić information content (AvgIpc) is 3.31. The van der Waals surface area contributed by atoms with Crippen LogP contribution in [0.5, 0.6) is 0 Å². The maximum absolute atomic E-state index is 13.6. The lowest BCUT2D eigenvalue weighted by Crippen LogP contribution is -2.41. The maximum Gasteiger partial charge on any atom is 0.264 e. The molecule has 1 aliphatic rings. The van der Waals surface area contributed by atoms with E-state index in [9.17, 15) is 13.2 Å². The Balaban J connectivity index is 1.57. The van der Waals surface area contributed by atoms with Crippen molar-refractivity contribution in [3.8, 4) is 0 Å². The Bertz CT molecular complexity index is 1270. The standard InChI is InChI=1S/C27H30N2O3S2/c1-19-7-11-24(12-8-19)29(34(31,32)26-15-13-25(33-3)14-16-26)18-27(30)28-20(2)22-10-9-21-5-4-6-23(21)17-22/h7-17,20H,4-6,18H2,1-3H3,(H,28,30)/t20-/m0/s1. The molecule has 4 rings (SSSR count). The number of amides is 1. The van der Waals surface area contributed by atoms with Crippen LogP contribution in [-0.2, 0) is 27.7 Å². The van der Waals surface area contributed by atoms with Gasteiger partial charge in [0, 0.05) is 4.90 Å². The van der Waals surface area contributed by atoms with Crippen LogP contribution in [0.25, 0.3) is 0 Å². The fourth-order valence-corrected chi connectivity index (χ4v) is 6.09. The molecular formula is C27H30N2O3S2. The van der Waals surface area contributed by atoms with Crippen molar-refractivity contribution >= 4 is 33.4 Å². The molecule has 0 saturated carbocycles. The van der Waals surface area contributed by atoms with Gasteiger partial charge in [-0.3, -0.25) is 9.10 Å². The lowest BCUT2D eigenvalue weighted by Gasteiger charge is -2.25. The third kappa shape index (κ3) is 5.31. The van der Waals surface area contributed by atoms with E-state index in [1.807, 2.05) is 32.2 Å². The number of hydrogen-bond donors (Lipinski definition) is 1. The normalized spacial score (nSPS) is 13.9. The Labute approximate surface area is 206 Å². The van der Waals surface area contributed by atoms with Crippen molar-refractivity contribution < 1.29 is 13.2 Å². The molecule has 1 atom stereocenters. The Kier molecular flexibility index (Phi) is 7.33. The molecule has 34 heavy (non-hydrogen) atoms. The SMILES string of the molecule is CSc1ccc(S(=O)(=O)N(CC(=O)N[C@@H](C)c2ccc3c(c2)CCC3)c2ccc(C)cc2)cc1. The summed E-state index contributed by atoms with van der Waals surface area (Å²) in [6.07, 6.45) is 5.28. The van der Waals surface area contributed by atoms with Gasteiger partial charge in [-0.1, -0.05) is 35.9 Å². The minimum Gasteiger partial charge on any atom is -0.348 e. The van der Waals surface area contributed by atoms with E-state index in [0.29, 0.717) is 5.69 Å². The van der Waals surface area contributed by atoms with E-state index >= 15 is 0 Å². The Morgan fingerprint density at radius 3 is 2.35 bits per heavy atom. The summed E-state index contributed by atoms with van der Waals surface area (Å²) < 4.78 is 28.3. The molecule has 0 aliphatic heterocycles. The minimum atomic E-state index is -3.93. The molecule has 0 unspecified atom stereocenters. The molecule has 3 aromatic rings. The van der Waals surface area contributed by atoms with Crippen LogP contribution in [0.4, 0.5) is 5.69 Å².